The predicted octanol–water partition coefficient (Wildman–Crippen LogP) is 2.38. The number of ether oxygens (including phenoxy) is 1. The first-order valence-electron chi connectivity index (χ1n) is 5.75. The van der Waals surface area contributed by atoms with Gasteiger partial charge >= 0.3 is 0 Å². The quantitative estimate of drug-likeness (QED) is 0.797. The summed E-state index contributed by atoms with van der Waals surface area (Å²) in [6, 6.07) is 9.03. The molecule has 1 fully saturated rings. The topological polar surface area (TPSA) is 21.3 Å². The van der Waals surface area contributed by atoms with Gasteiger partial charge in [0.15, 0.2) is 0 Å². The van der Waals surface area contributed by atoms with Crippen LogP contribution in [0, 0.1) is 0 Å². The zero-order valence-corrected chi connectivity index (χ0v) is 9.33. The van der Waals surface area contributed by atoms with E-state index in [0.29, 0.717) is 0 Å². The first-order valence-corrected chi connectivity index (χ1v) is 5.75. The summed E-state index contributed by atoms with van der Waals surface area (Å²) in [5.74, 6) is 1.01. The van der Waals surface area contributed by atoms with E-state index in [1.807, 2.05) is 12.1 Å². The summed E-state index contributed by atoms with van der Waals surface area (Å²) >= 11 is 0. The summed E-state index contributed by atoms with van der Waals surface area (Å²) in [7, 11) is 1.73. The zero-order valence-electron chi connectivity index (χ0n) is 9.33. The molecular formula is C13H19NO. The van der Waals surface area contributed by atoms with Gasteiger partial charge in [0.05, 0.1) is 7.11 Å². The van der Waals surface area contributed by atoms with Crippen LogP contribution in [0.1, 0.15) is 24.8 Å². The van der Waals surface area contributed by atoms with Crippen molar-refractivity contribution in [3.63, 3.8) is 0 Å². The maximum atomic E-state index is 5.32. The van der Waals surface area contributed by atoms with E-state index >= 15 is 0 Å². The van der Waals surface area contributed by atoms with E-state index in [0.717, 1.165) is 24.8 Å². The fraction of sp³-hybridized carbons (Fsp3) is 0.538. The van der Waals surface area contributed by atoms with Crippen LogP contribution in [0.2, 0.25) is 0 Å². The van der Waals surface area contributed by atoms with Gasteiger partial charge in [0.1, 0.15) is 5.75 Å². The summed E-state index contributed by atoms with van der Waals surface area (Å²) < 4.78 is 5.32. The SMILES string of the molecule is COc1ccccc1CCNC1CCC1. The lowest BCUT2D eigenvalue weighted by molar-refractivity contribution is 0.341. The first kappa shape index (κ1) is 10.5. The third-order valence-electron chi connectivity index (χ3n) is 3.13. The molecule has 15 heavy (non-hydrogen) atoms. The molecule has 1 aliphatic rings. The van der Waals surface area contributed by atoms with Crippen LogP contribution in [-0.4, -0.2) is 19.7 Å². The van der Waals surface area contributed by atoms with Gasteiger partial charge in [-0.05, 0) is 37.4 Å². The highest BCUT2D eigenvalue weighted by Gasteiger charge is 2.15. The van der Waals surface area contributed by atoms with E-state index in [-0.39, 0.29) is 0 Å². The number of benzene rings is 1. The molecule has 0 heterocycles. The second-order valence-electron chi connectivity index (χ2n) is 4.14. The van der Waals surface area contributed by atoms with E-state index in [1.54, 1.807) is 7.11 Å². The Morgan fingerprint density at radius 2 is 2.13 bits per heavy atom. The zero-order chi connectivity index (χ0) is 10.5. The molecule has 0 amide bonds. The molecular weight excluding hydrogens is 186 g/mol. The van der Waals surface area contributed by atoms with Crippen molar-refractivity contribution in [3.05, 3.63) is 29.8 Å². The molecule has 2 rings (SSSR count). The van der Waals surface area contributed by atoms with Crippen molar-refractivity contribution in [1.29, 1.82) is 0 Å². The van der Waals surface area contributed by atoms with Crippen molar-refractivity contribution in [2.75, 3.05) is 13.7 Å². The van der Waals surface area contributed by atoms with E-state index < -0.39 is 0 Å². The molecule has 0 radical (unpaired) electrons. The van der Waals surface area contributed by atoms with Crippen molar-refractivity contribution in [3.8, 4) is 5.75 Å². The molecule has 1 N–H and O–H groups in total. The van der Waals surface area contributed by atoms with E-state index in [4.69, 9.17) is 4.74 Å². The van der Waals surface area contributed by atoms with Gasteiger partial charge in [-0.3, -0.25) is 0 Å². The molecule has 2 heteroatoms. The van der Waals surface area contributed by atoms with Gasteiger partial charge < -0.3 is 10.1 Å². The molecule has 0 atom stereocenters. The van der Waals surface area contributed by atoms with Crippen LogP contribution in [-0.2, 0) is 6.42 Å². The fourth-order valence-electron chi connectivity index (χ4n) is 1.93. The van der Waals surface area contributed by atoms with Crippen LogP contribution in [0.15, 0.2) is 24.3 Å². The normalized spacial score (nSPS) is 16.1. The van der Waals surface area contributed by atoms with Crippen molar-refractivity contribution in [2.24, 2.45) is 0 Å². The van der Waals surface area contributed by atoms with E-state index in [1.165, 1.54) is 24.8 Å². The third kappa shape index (κ3) is 2.72. The van der Waals surface area contributed by atoms with Crippen LogP contribution in [0.4, 0.5) is 0 Å². The molecule has 0 aromatic heterocycles. The second kappa shape index (κ2) is 5.17. The lowest BCUT2D eigenvalue weighted by atomic mass is 9.93. The van der Waals surface area contributed by atoms with Crippen molar-refractivity contribution in [1.82, 2.24) is 5.32 Å². The van der Waals surface area contributed by atoms with Gasteiger partial charge in [0, 0.05) is 6.04 Å². The van der Waals surface area contributed by atoms with Crippen LogP contribution in [0.5, 0.6) is 5.75 Å². The van der Waals surface area contributed by atoms with Crippen molar-refractivity contribution in [2.45, 2.75) is 31.7 Å². The smallest absolute Gasteiger partial charge is 0.122 e. The molecule has 1 aliphatic carbocycles. The average Bonchev–Trinajstić information content (AvgIpc) is 2.22. The van der Waals surface area contributed by atoms with Crippen LogP contribution in [0.3, 0.4) is 0 Å². The maximum Gasteiger partial charge on any atom is 0.122 e. The third-order valence-corrected chi connectivity index (χ3v) is 3.13. The highest BCUT2D eigenvalue weighted by Crippen LogP contribution is 2.19. The molecule has 2 nitrogen and oxygen atoms in total. The van der Waals surface area contributed by atoms with Gasteiger partial charge in [-0.25, -0.2) is 0 Å². The molecule has 0 unspecified atom stereocenters. The molecule has 0 bridgehead atoms. The van der Waals surface area contributed by atoms with Gasteiger partial charge in [-0.15, -0.1) is 0 Å². The summed E-state index contributed by atoms with van der Waals surface area (Å²) in [5, 5.41) is 3.56. The lowest BCUT2D eigenvalue weighted by Crippen LogP contribution is -2.36. The van der Waals surface area contributed by atoms with Crippen LogP contribution < -0.4 is 10.1 Å². The Balaban J connectivity index is 1.81. The van der Waals surface area contributed by atoms with E-state index in [2.05, 4.69) is 17.4 Å². The highest BCUT2D eigenvalue weighted by atomic mass is 16.5. The molecule has 1 saturated carbocycles. The average molecular weight is 205 g/mol. The monoisotopic (exact) mass is 205 g/mol. The molecule has 82 valence electrons. The van der Waals surface area contributed by atoms with Gasteiger partial charge in [-0.2, -0.15) is 0 Å². The number of hydrogen-bond donors (Lipinski definition) is 1. The molecule has 0 aliphatic heterocycles. The first-order chi connectivity index (χ1) is 7.40. The minimum atomic E-state index is 0.778. The Kier molecular flexibility index (Phi) is 3.62. The largest absolute Gasteiger partial charge is 0.496 e. The number of hydrogen-bond acceptors (Lipinski definition) is 2. The van der Waals surface area contributed by atoms with Crippen molar-refractivity contribution < 1.29 is 4.74 Å². The minimum Gasteiger partial charge on any atom is -0.496 e. The number of nitrogens with one attached hydrogen (secondary N) is 1. The number of para-hydroxylation sites is 1. The maximum absolute atomic E-state index is 5.32. The highest BCUT2D eigenvalue weighted by molar-refractivity contribution is 5.33. The van der Waals surface area contributed by atoms with Crippen molar-refractivity contribution >= 4 is 0 Å². The molecule has 0 saturated heterocycles. The Morgan fingerprint density at radius 1 is 1.33 bits per heavy atom. The molecule has 0 spiro atoms. The Hall–Kier alpha value is -1.02. The summed E-state index contributed by atoms with van der Waals surface area (Å²) in [6.45, 7) is 1.06. The number of rotatable bonds is 5. The predicted molar refractivity (Wildman–Crippen MR) is 62.3 cm³/mol. The summed E-state index contributed by atoms with van der Waals surface area (Å²) in [4.78, 5) is 0. The van der Waals surface area contributed by atoms with Gasteiger partial charge in [0.2, 0.25) is 0 Å². The Morgan fingerprint density at radius 3 is 2.80 bits per heavy atom. The second-order valence-corrected chi connectivity index (χ2v) is 4.14. The molecule has 1 aromatic carbocycles. The fourth-order valence-corrected chi connectivity index (χ4v) is 1.93. The van der Waals surface area contributed by atoms with Crippen LogP contribution in [0.25, 0.3) is 0 Å². The summed E-state index contributed by atoms with van der Waals surface area (Å²) in [6.07, 6.45) is 5.16. The molecule has 1 aromatic rings. The Labute approximate surface area is 91.6 Å². The Bertz CT molecular complexity index is 307. The summed E-state index contributed by atoms with van der Waals surface area (Å²) in [5.41, 5.74) is 1.30. The van der Waals surface area contributed by atoms with Gasteiger partial charge in [0.25, 0.3) is 0 Å². The number of methoxy groups -OCH3 is 1. The van der Waals surface area contributed by atoms with E-state index in [9.17, 15) is 0 Å². The minimum absolute atomic E-state index is 0.778. The van der Waals surface area contributed by atoms with Gasteiger partial charge in [-0.1, -0.05) is 24.6 Å². The van der Waals surface area contributed by atoms with Crippen LogP contribution >= 0.6 is 0 Å². The standard InChI is InChI=1S/C13H19NO/c1-15-13-8-3-2-5-11(13)9-10-14-12-6-4-7-12/h2-3,5,8,12,14H,4,6-7,9-10H2,1H3. The lowest BCUT2D eigenvalue weighted by Gasteiger charge is -2.26.